The van der Waals surface area contributed by atoms with E-state index < -0.39 is 0 Å². The third-order valence-electron chi connectivity index (χ3n) is 5.37. The normalized spacial score (nSPS) is 14.2. The summed E-state index contributed by atoms with van der Waals surface area (Å²) >= 11 is 1.44. The van der Waals surface area contributed by atoms with Crippen molar-refractivity contribution in [3.63, 3.8) is 0 Å². The van der Waals surface area contributed by atoms with Gasteiger partial charge in [-0.15, -0.1) is 11.3 Å². The summed E-state index contributed by atoms with van der Waals surface area (Å²) in [4.78, 5) is 36.3. The zero-order valence-electron chi connectivity index (χ0n) is 19.4. The molecule has 1 fully saturated rings. The average Bonchev–Trinajstić information content (AvgIpc) is 3.16. The molecule has 1 aliphatic heterocycles. The molecule has 1 aromatic carbocycles. The highest BCUT2D eigenvalue weighted by atomic mass is 32.1. The molecular weight excluding hydrogens is 432 g/mol. The van der Waals surface area contributed by atoms with Crippen molar-refractivity contribution in [2.45, 2.75) is 13.5 Å². The number of thiazole rings is 1. The molecule has 0 bridgehead atoms. The molecule has 0 atom stereocenters. The van der Waals surface area contributed by atoms with E-state index >= 15 is 0 Å². The molecule has 1 aliphatic rings. The van der Waals surface area contributed by atoms with E-state index in [0.29, 0.717) is 47.3 Å². The molecule has 0 saturated carbocycles. The van der Waals surface area contributed by atoms with Crippen molar-refractivity contribution in [2.75, 3.05) is 61.6 Å². The van der Waals surface area contributed by atoms with Crippen molar-refractivity contribution in [1.29, 1.82) is 0 Å². The van der Waals surface area contributed by atoms with Crippen molar-refractivity contribution in [3.8, 4) is 17.2 Å². The standard InChI is InChI=1S/C22H30N4O5S/c1-14-20(22(28)24(2)3)32-18(23-14)13-25-7-9-26(10-8-25)21(27)15-11-16(29-4)19(31-6)17(12-15)30-5/h11-12H,7-10,13H2,1-6H3. The second-order valence-electron chi connectivity index (χ2n) is 7.70. The van der Waals surface area contributed by atoms with E-state index in [0.717, 1.165) is 23.8 Å². The summed E-state index contributed by atoms with van der Waals surface area (Å²) in [5, 5.41) is 0.914. The van der Waals surface area contributed by atoms with Crippen LogP contribution in [0.1, 0.15) is 30.7 Å². The van der Waals surface area contributed by atoms with Gasteiger partial charge in [0.05, 0.1) is 33.6 Å². The Hall–Kier alpha value is -2.85. The first kappa shape index (κ1) is 23.8. The van der Waals surface area contributed by atoms with Crippen LogP contribution in [0.15, 0.2) is 12.1 Å². The van der Waals surface area contributed by atoms with Gasteiger partial charge in [0.1, 0.15) is 9.88 Å². The molecule has 32 heavy (non-hydrogen) atoms. The predicted octanol–water partition coefficient (Wildman–Crippen LogP) is 2.14. The molecule has 0 unspecified atom stereocenters. The molecule has 1 aromatic heterocycles. The number of aromatic nitrogens is 1. The Morgan fingerprint density at radius 3 is 2.12 bits per heavy atom. The Bertz CT molecular complexity index is 958. The highest BCUT2D eigenvalue weighted by molar-refractivity contribution is 7.13. The van der Waals surface area contributed by atoms with Crippen LogP contribution in [0.2, 0.25) is 0 Å². The number of hydrogen-bond donors (Lipinski definition) is 0. The minimum Gasteiger partial charge on any atom is -0.493 e. The van der Waals surface area contributed by atoms with Crippen LogP contribution in [0.5, 0.6) is 17.2 Å². The van der Waals surface area contributed by atoms with Crippen molar-refractivity contribution >= 4 is 23.2 Å². The average molecular weight is 463 g/mol. The van der Waals surface area contributed by atoms with Crippen LogP contribution in [0.3, 0.4) is 0 Å². The third kappa shape index (κ3) is 4.97. The summed E-state index contributed by atoms with van der Waals surface area (Å²) in [6.45, 7) is 5.19. The van der Waals surface area contributed by atoms with Crippen LogP contribution in [0.4, 0.5) is 0 Å². The van der Waals surface area contributed by atoms with E-state index in [-0.39, 0.29) is 11.8 Å². The van der Waals surface area contributed by atoms with E-state index in [4.69, 9.17) is 14.2 Å². The van der Waals surface area contributed by atoms with E-state index in [1.165, 1.54) is 32.7 Å². The number of ether oxygens (including phenoxy) is 3. The van der Waals surface area contributed by atoms with E-state index in [9.17, 15) is 9.59 Å². The summed E-state index contributed by atoms with van der Waals surface area (Å²) in [5.74, 6) is 1.27. The van der Waals surface area contributed by atoms with E-state index in [1.807, 2.05) is 11.8 Å². The summed E-state index contributed by atoms with van der Waals surface area (Å²) in [5.41, 5.74) is 1.26. The first-order valence-corrected chi connectivity index (χ1v) is 11.1. The molecule has 2 heterocycles. The fourth-order valence-corrected chi connectivity index (χ4v) is 4.74. The van der Waals surface area contributed by atoms with Gasteiger partial charge in [-0.3, -0.25) is 14.5 Å². The lowest BCUT2D eigenvalue weighted by Crippen LogP contribution is -2.48. The molecule has 0 N–H and O–H groups in total. The lowest BCUT2D eigenvalue weighted by Gasteiger charge is -2.34. The van der Waals surface area contributed by atoms with E-state index in [2.05, 4.69) is 9.88 Å². The fraction of sp³-hybridized carbons (Fsp3) is 0.500. The van der Waals surface area contributed by atoms with Crippen LogP contribution in [0, 0.1) is 6.92 Å². The minimum absolute atomic E-state index is 0.0213. The summed E-state index contributed by atoms with van der Waals surface area (Å²) in [6.07, 6.45) is 0. The first-order valence-electron chi connectivity index (χ1n) is 10.3. The number of methoxy groups -OCH3 is 3. The number of aryl methyl sites for hydroxylation is 1. The largest absolute Gasteiger partial charge is 0.493 e. The van der Waals surface area contributed by atoms with Crippen LogP contribution >= 0.6 is 11.3 Å². The number of hydrogen-bond acceptors (Lipinski definition) is 8. The maximum Gasteiger partial charge on any atom is 0.265 e. The summed E-state index contributed by atoms with van der Waals surface area (Å²) in [6, 6.07) is 3.36. The Kier molecular flexibility index (Phi) is 7.57. The number of rotatable bonds is 7. The van der Waals surface area contributed by atoms with Crippen LogP contribution in [0.25, 0.3) is 0 Å². The van der Waals surface area contributed by atoms with Gasteiger partial charge in [-0.1, -0.05) is 0 Å². The Morgan fingerprint density at radius 1 is 1.03 bits per heavy atom. The number of nitrogens with zero attached hydrogens (tertiary/aromatic N) is 4. The quantitative estimate of drug-likeness (QED) is 0.623. The monoisotopic (exact) mass is 462 g/mol. The number of carbonyl (C=O) groups is 2. The lowest BCUT2D eigenvalue weighted by molar-refractivity contribution is 0.0627. The van der Waals surface area contributed by atoms with Gasteiger partial charge >= 0.3 is 0 Å². The maximum atomic E-state index is 13.1. The fourth-order valence-electron chi connectivity index (χ4n) is 3.61. The van der Waals surface area contributed by atoms with E-state index in [1.54, 1.807) is 31.1 Å². The number of amides is 2. The number of piperazine rings is 1. The van der Waals surface area contributed by atoms with Crippen molar-refractivity contribution in [2.24, 2.45) is 0 Å². The SMILES string of the molecule is COc1cc(C(=O)N2CCN(Cc3nc(C)c(C(=O)N(C)C)s3)CC2)cc(OC)c1OC. The van der Waals surface area contributed by atoms with Gasteiger partial charge in [0.25, 0.3) is 11.8 Å². The molecular formula is C22H30N4O5S. The molecule has 1 saturated heterocycles. The highest BCUT2D eigenvalue weighted by Gasteiger charge is 2.26. The summed E-state index contributed by atoms with van der Waals surface area (Å²) in [7, 11) is 8.07. The van der Waals surface area contributed by atoms with Crippen LogP contribution in [-0.2, 0) is 6.54 Å². The maximum absolute atomic E-state index is 13.1. The smallest absolute Gasteiger partial charge is 0.265 e. The molecule has 2 aromatic rings. The van der Waals surface area contributed by atoms with Gasteiger partial charge < -0.3 is 24.0 Å². The van der Waals surface area contributed by atoms with Crippen LogP contribution in [-0.4, -0.2) is 93.1 Å². The zero-order valence-corrected chi connectivity index (χ0v) is 20.2. The minimum atomic E-state index is -0.0761. The van der Waals surface area contributed by atoms with Crippen molar-refractivity contribution in [3.05, 3.63) is 33.3 Å². The van der Waals surface area contributed by atoms with Crippen molar-refractivity contribution < 1.29 is 23.8 Å². The molecule has 0 aliphatic carbocycles. The topological polar surface area (TPSA) is 84.4 Å². The van der Waals surface area contributed by atoms with Gasteiger partial charge in [0.15, 0.2) is 11.5 Å². The zero-order chi connectivity index (χ0) is 23.4. The van der Waals surface area contributed by atoms with Gasteiger partial charge in [-0.2, -0.15) is 0 Å². The number of carbonyl (C=O) groups excluding carboxylic acids is 2. The molecule has 0 radical (unpaired) electrons. The molecule has 3 rings (SSSR count). The molecule has 10 heteroatoms. The van der Waals surface area contributed by atoms with Gasteiger partial charge in [0.2, 0.25) is 5.75 Å². The Balaban J connectivity index is 1.64. The predicted molar refractivity (Wildman–Crippen MR) is 122 cm³/mol. The second-order valence-corrected chi connectivity index (χ2v) is 8.79. The first-order chi connectivity index (χ1) is 15.3. The Morgan fingerprint density at radius 2 is 1.62 bits per heavy atom. The lowest BCUT2D eigenvalue weighted by atomic mass is 10.1. The van der Waals surface area contributed by atoms with Gasteiger partial charge in [-0.05, 0) is 19.1 Å². The highest BCUT2D eigenvalue weighted by Crippen LogP contribution is 2.38. The molecule has 9 nitrogen and oxygen atoms in total. The molecule has 2 amide bonds. The van der Waals surface area contributed by atoms with Crippen molar-refractivity contribution in [1.82, 2.24) is 19.7 Å². The number of benzene rings is 1. The Labute approximate surface area is 192 Å². The third-order valence-corrected chi connectivity index (χ3v) is 6.50. The molecule has 0 spiro atoms. The van der Waals surface area contributed by atoms with Gasteiger partial charge in [0, 0.05) is 45.8 Å². The summed E-state index contributed by atoms with van der Waals surface area (Å²) < 4.78 is 16.1. The molecule has 174 valence electrons. The second kappa shape index (κ2) is 10.2. The van der Waals surface area contributed by atoms with Gasteiger partial charge in [-0.25, -0.2) is 4.98 Å². The van der Waals surface area contributed by atoms with Crippen LogP contribution < -0.4 is 14.2 Å².